The first-order valence-corrected chi connectivity index (χ1v) is 8.43. The molecule has 1 N–H and O–H groups in total. The molecule has 116 valence electrons. The highest BCUT2D eigenvalue weighted by Crippen LogP contribution is 2.30. The number of aryl methyl sites for hydroxylation is 1. The molecule has 6 nitrogen and oxygen atoms in total. The highest BCUT2D eigenvalue weighted by atomic mass is 32.2. The lowest BCUT2D eigenvalue weighted by atomic mass is 10.1. The maximum atomic E-state index is 12.6. The third-order valence-electron chi connectivity index (χ3n) is 3.96. The van der Waals surface area contributed by atoms with Crippen LogP contribution in [-0.4, -0.2) is 26.9 Å². The molecule has 4 rings (SSSR count). The van der Waals surface area contributed by atoms with Gasteiger partial charge in [0, 0.05) is 18.5 Å². The maximum absolute atomic E-state index is 12.6. The van der Waals surface area contributed by atoms with Crippen molar-refractivity contribution in [3.8, 4) is 0 Å². The van der Waals surface area contributed by atoms with Gasteiger partial charge < -0.3 is 4.57 Å². The van der Waals surface area contributed by atoms with Gasteiger partial charge in [0.2, 0.25) is 0 Å². The molecular formula is C16H15N5OS. The first-order valence-electron chi connectivity index (χ1n) is 7.20. The van der Waals surface area contributed by atoms with Gasteiger partial charge in [0.25, 0.3) is 5.91 Å². The first kappa shape index (κ1) is 14.1. The van der Waals surface area contributed by atoms with Crippen molar-refractivity contribution in [1.29, 1.82) is 0 Å². The number of amidine groups is 1. The van der Waals surface area contributed by atoms with Crippen molar-refractivity contribution in [3.05, 3.63) is 58.9 Å². The van der Waals surface area contributed by atoms with E-state index in [-0.39, 0.29) is 12.1 Å². The SMILES string of the molecule is CSC1=NN2C(=c3ccccc3=N[C@H]2c2cccn2C)C(=O)N1. The minimum atomic E-state index is -0.354. The van der Waals surface area contributed by atoms with Crippen LogP contribution < -0.4 is 15.9 Å². The summed E-state index contributed by atoms with van der Waals surface area (Å²) in [6.07, 6.45) is 3.50. The summed E-state index contributed by atoms with van der Waals surface area (Å²) < 4.78 is 2.00. The van der Waals surface area contributed by atoms with E-state index in [1.54, 1.807) is 5.01 Å². The second-order valence-corrected chi connectivity index (χ2v) is 6.12. The molecule has 2 aromatic rings. The van der Waals surface area contributed by atoms with Gasteiger partial charge in [-0.3, -0.25) is 15.1 Å². The zero-order chi connectivity index (χ0) is 16.0. The van der Waals surface area contributed by atoms with Gasteiger partial charge in [0.05, 0.1) is 11.1 Å². The Balaban J connectivity index is 2.02. The van der Waals surface area contributed by atoms with Crippen LogP contribution in [0.25, 0.3) is 5.70 Å². The van der Waals surface area contributed by atoms with E-state index in [0.717, 1.165) is 16.3 Å². The van der Waals surface area contributed by atoms with Gasteiger partial charge in [-0.1, -0.05) is 30.0 Å². The molecule has 2 aliphatic rings. The Bertz CT molecular complexity index is 945. The number of nitrogens with zero attached hydrogens (tertiary/aromatic N) is 4. The molecule has 0 unspecified atom stereocenters. The van der Waals surface area contributed by atoms with Crippen LogP contribution in [-0.2, 0) is 11.8 Å². The van der Waals surface area contributed by atoms with Crippen LogP contribution in [0.1, 0.15) is 11.9 Å². The number of fused-ring (bicyclic) bond motifs is 2. The Morgan fingerprint density at radius 1 is 1.22 bits per heavy atom. The van der Waals surface area contributed by atoms with Gasteiger partial charge in [-0.05, 0) is 24.5 Å². The van der Waals surface area contributed by atoms with Crippen molar-refractivity contribution in [1.82, 2.24) is 14.9 Å². The number of hydrogen-bond acceptors (Lipinski definition) is 5. The predicted molar refractivity (Wildman–Crippen MR) is 89.7 cm³/mol. The van der Waals surface area contributed by atoms with Crippen molar-refractivity contribution in [2.45, 2.75) is 6.17 Å². The smallest absolute Gasteiger partial charge is 0.276 e. The number of benzene rings is 1. The van der Waals surface area contributed by atoms with E-state index in [1.807, 2.05) is 60.5 Å². The molecule has 0 fully saturated rings. The molecule has 3 heterocycles. The van der Waals surface area contributed by atoms with Crippen molar-refractivity contribution in [2.24, 2.45) is 17.1 Å². The largest absolute Gasteiger partial charge is 0.351 e. The maximum Gasteiger partial charge on any atom is 0.276 e. The summed E-state index contributed by atoms with van der Waals surface area (Å²) in [4.78, 5) is 17.5. The summed E-state index contributed by atoms with van der Waals surface area (Å²) in [6.45, 7) is 0. The van der Waals surface area contributed by atoms with E-state index in [4.69, 9.17) is 4.99 Å². The fraction of sp³-hybridized carbons (Fsp3) is 0.188. The van der Waals surface area contributed by atoms with E-state index in [0.29, 0.717) is 10.9 Å². The standard InChI is InChI=1S/C16H15N5OS/c1-20-9-5-8-12(20)14-17-11-7-4-3-6-10(11)13-15(22)18-16(23-2)19-21(13)14/h3-9,14H,1-2H3,(H,18,19,22)/t14-/m1/s1. The molecule has 0 radical (unpaired) electrons. The number of para-hydroxylation sites is 1. The second kappa shape index (κ2) is 5.27. The van der Waals surface area contributed by atoms with E-state index in [9.17, 15) is 4.79 Å². The van der Waals surface area contributed by atoms with Gasteiger partial charge in [0.1, 0.15) is 5.70 Å². The third-order valence-corrected chi connectivity index (χ3v) is 4.53. The summed E-state index contributed by atoms with van der Waals surface area (Å²) in [5, 5.41) is 11.3. The molecule has 1 amide bonds. The summed E-state index contributed by atoms with van der Waals surface area (Å²) in [7, 11) is 1.97. The number of rotatable bonds is 1. The van der Waals surface area contributed by atoms with E-state index < -0.39 is 0 Å². The number of carbonyl (C=O) groups is 1. The van der Waals surface area contributed by atoms with Crippen LogP contribution in [0.5, 0.6) is 0 Å². The molecule has 2 aliphatic heterocycles. The number of hydrogen-bond donors (Lipinski definition) is 1. The fourth-order valence-corrected chi connectivity index (χ4v) is 3.22. The third kappa shape index (κ3) is 2.16. The Morgan fingerprint density at radius 2 is 2.04 bits per heavy atom. The van der Waals surface area contributed by atoms with Crippen LogP contribution in [0.3, 0.4) is 0 Å². The van der Waals surface area contributed by atoms with E-state index >= 15 is 0 Å². The monoisotopic (exact) mass is 325 g/mol. The van der Waals surface area contributed by atoms with Gasteiger partial charge in [-0.15, -0.1) is 5.10 Å². The number of aromatic nitrogens is 1. The van der Waals surface area contributed by atoms with Crippen molar-refractivity contribution in [3.63, 3.8) is 0 Å². The Hall–Kier alpha value is -2.54. The molecule has 1 atom stereocenters. The van der Waals surface area contributed by atoms with Crippen molar-refractivity contribution in [2.75, 3.05) is 6.26 Å². The average molecular weight is 325 g/mol. The molecule has 23 heavy (non-hydrogen) atoms. The van der Waals surface area contributed by atoms with Gasteiger partial charge in [-0.2, -0.15) is 0 Å². The summed E-state index contributed by atoms with van der Waals surface area (Å²) in [5.74, 6) is -0.147. The van der Waals surface area contributed by atoms with Crippen molar-refractivity contribution < 1.29 is 4.79 Å². The zero-order valence-electron chi connectivity index (χ0n) is 12.7. The molecule has 0 saturated heterocycles. The molecule has 7 heteroatoms. The van der Waals surface area contributed by atoms with Crippen molar-refractivity contribution >= 4 is 28.5 Å². The van der Waals surface area contributed by atoms with Gasteiger partial charge >= 0.3 is 0 Å². The normalized spacial score (nSPS) is 19.5. The Kier molecular flexibility index (Phi) is 3.23. The highest BCUT2D eigenvalue weighted by molar-refractivity contribution is 8.13. The predicted octanol–water partition coefficient (Wildman–Crippen LogP) is 0.531. The van der Waals surface area contributed by atoms with Crippen LogP contribution in [0, 0.1) is 0 Å². The summed E-state index contributed by atoms with van der Waals surface area (Å²) >= 11 is 1.40. The minimum Gasteiger partial charge on any atom is -0.351 e. The van der Waals surface area contributed by atoms with E-state index in [1.165, 1.54) is 11.8 Å². The summed E-state index contributed by atoms with van der Waals surface area (Å²) in [6, 6.07) is 11.6. The molecule has 1 aromatic heterocycles. The minimum absolute atomic E-state index is 0.147. The number of nitrogens with one attached hydrogen (secondary N) is 1. The van der Waals surface area contributed by atoms with Crippen LogP contribution >= 0.6 is 11.8 Å². The molecular weight excluding hydrogens is 310 g/mol. The number of hydrazone groups is 1. The topological polar surface area (TPSA) is 62.0 Å². The molecule has 0 spiro atoms. The highest BCUT2D eigenvalue weighted by Gasteiger charge is 2.34. The second-order valence-electron chi connectivity index (χ2n) is 5.32. The quantitative estimate of drug-likeness (QED) is 0.832. The average Bonchev–Trinajstić information content (AvgIpc) is 2.99. The number of carbonyl (C=O) groups excluding carboxylic acids is 1. The van der Waals surface area contributed by atoms with E-state index in [2.05, 4.69) is 10.4 Å². The lowest BCUT2D eigenvalue weighted by Crippen LogP contribution is -2.50. The van der Waals surface area contributed by atoms with Crippen LogP contribution in [0.15, 0.2) is 52.7 Å². The number of thioether (sulfide) groups is 1. The van der Waals surface area contributed by atoms with Crippen LogP contribution in [0.4, 0.5) is 0 Å². The Labute approximate surface area is 137 Å². The molecule has 0 saturated carbocycles. The summed E-state index contributed by atoms with van der Waals surface area (Å²) in [5.41, 5.74) is 1.52. The molecule has 0 bridgehead atoms. The lowest BCUT2D eigenvalue weighted by molar-refractivity contribution is -0.116. The Morgan fingerprint density at radius 3 is 2.78 bits per heavy atom. The molecule has 0 aliphatic carbocycles. The number of amides is 1. The van der Waals surface area contributed by atoms with Crippen LogP contribution in [0.2, 0.25) is 0 Å². The van der Waals surface area contributed by atoms with Gasteiger partial charge in [-0.25, -0.2) is 5.01 Å². The zero-order valence-corrected chi connectivity index (χ0v) is 13.5. The first-order chi connectivity index (χ1) is 11.2. The lowest BCUT2D eigenvalue weighted by Gasteiger charge is -2.33. The fourth-order valence-electron chi connectivity index (χ4n) is 2.85. The van der Waals surface area contributed by atoms with Gasteiger partial charge in [0.15, 0.2) is 11.3 Å². The molecule has 1 aromatic carbocycles.